The van der Waals surface area contributed by atoms with Gasteiger partial charge in [0.25, 0.3) is 0 Å². The summed E-state index contributed by atoms with van der Waals surface area (Å²) in [4.78, 5) is 0. The fourth-order valence-electron chi connectivity index (χ4n) is 1.98. The van der Waals surface area contributed by atoms with Crippen molar-refractivity contribution in [1.29, 1.82) is 0 Å². The lowest BCUT2D eigenvalue weighted by Crippen LogP contribution is -2.12. The van der Waals surface area contributed by atoms with E-state index in [-0.39, 0.29) is 6.04 Å². The first-order valence-electron chi connectivity index (χ1n) is 5.76. The lowest BCUT2D eigenvalue weighted by atomic mass is 10.0. The van der Waals surface area contributed by atoms with E-state index in [9.17, 15) is 0 Å². The highest BCUT2D eigenvalue weighted by atomic mass is 15.3. The third kappa shape index (κ3) is 2.59. The number of hydrogen-bond acceptors (Lipinski definition) is 2. The standard InChI is InChI=1S/C12H23N3/c1-6-11(13)12-9(4)14-15(10(12)5)7-8(2)3/h8,11H,6-7,13H2,1-5H3. The molecule has 86 valence electrons. The van der Waals surface area contributed by atoms with Crippen LogP contribution in [0, 0.1) is 19.8 Å². The van der Waals surface area contributed by atoms with E-state index in [1.807, 2.05) is 0 Å². The predicted molar refractivity (Wildman–Crippen MR) is 63.8 cm³/mol. The fourth-order valence-corrected chi connectivity index (χ4v) is 1.98. The molecule has 0 fully saturated rings. The van der Waals surface area contributed by atoms with Crippen LogP contribution in [0.25, 0.3) is 0 Å². The minimum Gasteiger partial charge on any atom is -0.324 e. The first-order valence-corrected chi connectivity index (χ1v) is 5.76. The van der Waals surface area contributed by atoms with Gasteiger partial charge in [-0.25, -0.2) is 0 Å². The average Bonchev–Trinajstić information content (AvgIpc) is 2.40. The number of rotatable bonds is 4. The molecule has 3 nitrogen and oxygen atoms in total. The molecule has 0 spiro atoms. The number of nitrogens with zero attached hydrogens (tertiary/aromatic N) is 2. The van der Waals surface area contributed by atoms with Gasteiger partial charge in [-0.2, -0.15) is 5.10 Å². The second-order valence-corrected chi connectivity index (χ2v) is 4.68. The summed E-state index contributed by atoms with van der Waals surface area (Å²) in [6.07, 6.45) is 0.967. The van der Waals surface area contributed by atoms with Crippen molar-refractivity contribution < 1.29 is 0 Å². The van der Waals surface area contributed by atoms with E-state index in [2.05, 4.69) is 44.4 Å². The van der Waals surface area contributed by atoms with Crippen molar-refractivity contribution in [3.8, 4) is 0 Å². The summed E-state index contributed by atoms with van der Waals surface area (Å²) in [7, 11) is 0. The van der Waals surface area contributed by atoms with Gasteiger partial charge in [0.15, 0.2) is 0 Å². The number of nitrogens with two attached hydrogens (primary N) is 1. The third-order valence-corrected chi connectivity index (χ3v) is 2.79. The highest BCUT2D eigenvalue weighted by Crippen LogP contribution is 2.22. The Morgan fingerprint density at radius 3 is 2.40 bits per heavy atom. The number of hydrogen-bond donors (Lipinski definition) is 1. The first-order chi connectivity index (χ1) is 6.97. The molecule has 0 amide bonds. The van der Waals surface area contributed by atoms with E-state index in [0.717, 1.165) is 18.7 Å². The largest absolute Gasteiger partial charge is 0.324 e. The second-order valence-electron chi connectivity index (χ2n) is 4.68. The normalized spacial score (nSPS) is 13.5. The van der Waals surface area contributed by atoms with Crippen LogP contribution in [0.3, 0.4) is 0 Å². The smallest absolute Gasteiger partial charge is 0.0644 e. The zero-order valence-electron chi connectivity index (χ0n) is 10.5. The quantitative estimate of drug-likeness (QED) is 0.828. The zero-order valence-corrected chi connectivity index (χ0v) is 10.5. The molecule has 1 aromatic heterocycles. The minimum absolute atomic E-state index is 0.130. The highest BCUT2D eigenvalue weighted by molar-refractivity contribution is 5.27. The Labute approximate surface area is 92.7 Å². The molecule has 1 aromatic rings. The molecule has 1 unspecified atom stereocenters. The van der Waals surface area contributed by atoms with Gasteiger partial charge in [-0.3, -0.25) is 4.68 Å². The number of aromatic nitrogens is 2. The van der Waals surface area contributed by atoms with Gasteiger partial charge in [-0.1, -0.05) is 20.8 Å². The van der Waals surface area contributed by atoms with Gasteiger partial charge in [-0.05, 0) is 26.2 Å². The molecule has 1 atom stereocenters. The summed E-state index contributed by atoms with van der Waals surface area (Å²) in [5.41, 5.74) is 9.64. The summed E-state index contributed by atoms with van der Waals surface area (Å²) in [6.45, 7) is 11.7. The fraction of sp³-hybridized carbons (Fsp3) is 0.750. The molecule has 0 saturated heterocycles. The molecular formula is C12H23N3. The Morgan fingerprint density at radius 1 is 1.33 bits per heavy atom. The van der Waals surface area contributed by atoms with Crippen molar-refractivity contribution in [2.45, 2.75) is 53.6 Å². The SMILES string of the molecule is CCC(N)c1c(C)nn(CC(C)C)c1C. The topological polar surface area (TPSA) is 43.8 Å². The summed E-state index contributed by atoms with van der Waals surface area (Å²) in [6, 6.07) is 0.130. The van der Waals surface area contributed by atoms with Crippen LogP contribution < -0.4 is 5.73 Å². The van der Waals surface area contributed by atoms with Crippen molar-refractivity contribution >= 4 is 0 Å². The molecule has 0 aromatic carbocycles. The van der Waals surface area contributed by atoms with E-state index in [1.165, 1.54) is 11.3 Å². The van der Waals surface area contributed by atoms with Gasteiger partial charge in [0, 0.05) is 23.8 Å². The van der Waals surface area contributed by atoms with Crippen molar-refractivity contribution in [3.63, 3.8) is 0 Å². The van der Waals surface area contributed by atoms with Crippen molar-refractivity contribution in [1.82, 2.24) is 9.78 Å². The molecule has 1 rings (SSSR count). The van der Waals surface area contributed by atoms with Gasteiger partial charge in [0.05, 0.1) is 5.69 Å². The molecule has 0 aliphatic heterocycles. The molecule has 0 aliphatic carbocycles. The van der Waals surface area contributed by atoms with Crippen LogP contribution in [0.1, 0.15) is 50.2 Å². The first kappa shape index (κ1) is 12.2. The van der Waals surface area contributed by atoms with E-state index >= 15 is 0 Å². The molecule has 3 heteroatoms. The van der Waals surface area contributed by atoms with Crippen LogP contribution in [0.5, 0.6) is 0 Å². The summed E-state index contributed by atoms with van der Waals surface area (Å²) < 4.78 is 2.09. The van der Waals surface area contributed by atoms with Crippen LogP contribution in [0.4, 0.5) is 0 Å². The maximum Gasteiger partial charge on any atom is 0.0644 e. The summed E-state index contributed by atoms with van der Waals surface area (Å²) in [5, 5.41) is 4.56. The van der Waals surface area contributed by atoms with Gasteiger partial charge >= 0.3 is 0 Å². The monoisotopic (exact) mass is 209 g/mol. The van der Waals surface area contributed by atoms with Crippen molar-refractivity contribution in [2.75, 3.05) is 0 Å². The van der Waals surface area contributed by atoms with E-state index in [1.54, 1.807) is 0 Å². The Morgan fingerprint density at radius 2 is 1.93 bits per heavy atom. The van der Waals surface area contributed by atoms with E-state index in [4.69, 9.17) is 5.73 Å². The lowest BCUT2D eigenvalue weighted by Gasteiger charge is -2.11. The molecule has 0 bridgehead atoms. The molecule has 2 N–H and O–H groups in total. The van der Waals surface area contributed by atoms with Crippen LogP contribution in [0.2, 0.25) is 0 Å². The van der Waals surface area contributed by atoms with Gasteiger partial charge in [0.2, 0.25) is 0 Å². The number of aryl methyl sites for hydroxylation is 1. The molecule has 15 heavy (non-hydrogen) atoms. The molecule has 1 heterocycles. The Kier molecular flexibility index (Phi) is 3.91. The van der Waals surface area contributed by atoms with Crippen LogP contribution in [-0.4, -0.2) is 9.78 Å². The Balaban J connectivity index is 3.03. The van der Waals surface area contributed by atoms with Gasteiger partial charge < -0.3 is 5.73 Å². The average molecular weight is 209 g/mol. The van der Waals surface area contributed by atoms with Crippen molar-refractivity contribution in [2.24, 2.45) is 11.7 Å². The summed E-state index contributed by atoms with van der Waals surface area (Å²) in [5.74, 6) is 0.619. The zero-order chi connectivity index (χ0) is 11.6. The molecule has 0 radical (unpaired) electrons. The van der Waals surface area contributed by atoms with Gasteiger partial charge in [-0.15, -0.1) is 0 Å². The maximum absolute atomic E-state index is 6.09. The third-order valence-electron chi connectivity index (χ3n) is 2.79. The second kappa shape index (κ2) is 4.79. The van der Waals surface area contributed by atoms with E-state index < -0.39 is 0 Å². The minimum atomic E-state index is 0.130. The lowest BCUT2D eigenvalue weighted by molar-refractivity contribution is 0.472. The predicted octanol–water partition coefficient (Wildman–Crippen LogP) is 2.57. The summed E-state index contributed by atoms with van der Waals surface area (Å²) >= 11 is 0. The van der Waals surface area contributed by atoms with Crippen LogP contribution >= 0.6 is 0 Å². The molecule has 0 aliphatic rings. The van der Waals surface area contributed by atoms with Crippen molar-refractivity contribution in [3.05, 3.63) is 17.0 Å². The molecule has 0 saturated carbocycles. The van der Waals surface area contributed by atoms with Crippen LogP contribution in [-0.2, 0) is 6.54 Å². The van der Waals surface area contributed by atoms with Crippen LogP contribution in [0.15, 0.2) is 0 Å². The Bertz CT molecular complexity index is 326. The Hall–Kier alpha value is -0.830. The molecular weight excluding hydrogens is 186 g/mol. The highest BCUT2D eigenvalue weighted by Gasteiger charge is 2.16. The van der Waals surface area contributed by atoms with Gasteiger partial charge in [0.1, 0.15) is 0 Å². The van der Waals surface area contributed by atoms with E-state index in [0.29, 0.717) is 5.92 Å². The maximum atomic E-state index is 6.09.